The molecule has 6 heteroatoms. The summed E-state index contributed by atoms with van der Waals surface area (Å²) in [5.41, 5.74) is 1.03. The summed E-state index contributed by atoms with van der Waals surface area (Å²) in [5, 5.41) is 10.8. The van der Waals surface area contributed by atoms with Crippen LogP contribution in [0.15, 0.2) is 21.9 Å². The molecule has 0 aliphatic carbocycles. The summed E-state index contributed by atoms with van der Waals surface area (Å²) >= 11 is 4.59. The van der Waals surface area contributed by atoms with Gasteiger partial charge in [-0.1, -0.05) is 11.8 Å². The molecule has 0 aromatic carbocycles. The van der Waals surface area contributed by atoms with E-state index in [1.807, 2.05) is 18.4 Å². The number of carboxylic acid groups (broad SMARTS) is 1. The first-order valence-electron chi connectivity index (χ1n) is 4.52. The summed E-state index contributed by atoms with van der Waals surface area (Å²) in [4.78, 5) is 16.5. The van der Waals surface area contributed by atoms with Gasteiger partial charge in [-0.2, -0.15) is 0 Å². The minimum atomic E-state index is -0.855. The Kier molecular flexibility index (Phi) is 3.63. The van der Waals surface area contributed by atoms with Gasteiger partial charge in [0.2, 0.25) is 0 Å². The van der Waals surface area contributed by atoms with Crippen molar-refractivity contribution >= 4 is 40.4 Å². The maximum Gasteiger partial charge on any atom is 0.345 e. The van der Waals surface area contributed by atoms with Crippen LogP contribution in [0.25, 0.3) is 0 Å². The second kappa shape index (κ2) is 4.99. The molecule has 16 heavy (non-hydrogen) atoms. The molecule has 0 saturated heterocycles. The van der Waals surface area contributed by atoms with E-state index in [1.165, 1.54) is 11.3 Å². The Balaban J connectivity index is 1.97. The van der Waals surface area contributed by atoms with Crippen molar-refractivity contribution in [3.05, 3.63) is 33.0 Å². The fraction of sp³-hybridized carbons (Fsp3) is 0.200. The van der Waals surface area contributed by atoms with Gasteiger partial charge in [0.1, 0.15) is 9.22 Å². The smallest absolute Gasteiger partial charge is 0.345 e. The number of nitrogens with zero attached hydrogens (tertiary/aromatic N) is 1. The second-order valence-corrected chi connectivity index (χ2v) is 6.36. The molecule has 0 bridgehead atoms. The van der Waals surface area contributed by atoms with E-state index >= 15 is 0 Å². The summed E-state index contributed by atoms with van der Waals surface area (Å²) in [5.74, 6) is -0.0726. The van der Waals surface area contributed by atoms with Gasteiger partial charge in [-0.25, -0.2) is 9.78 Å². The summed E-state index contributed by atoms with van der Waals surface area (Å²) in [6.45, 7) is 1.97. The molecule has 0 unspecified atom stereocenters. The van der Waals surface area contributed by atoms with Crippen LogP contribution in [0.1, 0.15) is 20.2 Å². The van der Waals surface area contributed by atoms with Gasteiger partial charge in [0.15, 0.2) is 0 Å². The van der Waals surface area contributed by atoms with E-state index in [4.69, 9.17) is 5.11 Å². The molecular weight excluding hydrogens is 262 g/mol. The summed E-state index contributed by atoms with van der Waals surface area (Å²) in [6.07, 6.45) is 0. The molecule has 0 radical (unpaired) electrons. The SMILES string of the molecule is Cc1csc(SCc2ccc(C(=O)O)s2)n1. The van der Waals surface area contributed by atoms with Crippen LogP contribution >= 0.6 is 34.4 Å². The number of carboxylic acids is 1. The minimum Gasteiger partial charge on any atom is -0.477 e. The molecule has 2 rings (SSSR count). The Morgan fingerprint density at radius 3 is 2.94 bits per heavy atom. The van der Waals surface area contributed by atoms with Crippen molar-refractivity contribution in [1.29, 1.82) is 0 Å². The van der Waals surface area contributed by atoms with Crippen LogP contribution in [-0.4, -0.2) is 16.1 Å². The molecule has 84 valence electrons. The highest BCUT2D eigenvalue weighted by atomic mass is 32.2. The van der Waals surface area contributed by atoms with E-state index in [0.717, 1.165) is 20.7 Å². The van der Waals surface area contributed by atoms with Gasteiger partial charge < -0.3 is 5.11 Å². The van der Waals surface area contributed by atoms with E-state index in [9.17, 15) is 4.79 Å². The normalized spacial score (nSPS) is 10.6. The molecular formula is C10H9NO2S3. The lowest BCUT2D eigenvalue weighted by molar-refractivity contribution is 0.0702. The van der Waals surface area contributed by atoms with E-state index < -0.39 is 5.97 Å². The van der Waals surface area contributed by atoms with Crippen LogP contribution in [0.4, 0.5) is 0 Å². The van der Waals surface area contributed by atoms with Gasteiger partial charge in [-0.15, -0.1) is 22.7 Å². The Morgan fingerprint density at radius 1 is 1.56 bits per heavy atom. The molecule has 2 aromatic heterocycles. The number of carbonyl (C=O) groups is 1. The van der Waals surface area contributed by atoms with Crippen LogP contribution in [-0.2, 0) is 5.75 Å². The predicted molar refractivity (Wildman–Crippen MR) is 67.7 cm³/mol. The summed E-state index contributed by atoms with van der Waals surface area (Å²) in [6, 6.07) is 3.51. The molecule has 0 saturated carbocycles. The number of aryl methyl sites for hydroxylation is 1. The monoisotopic (exact) mass is 271 g/mol. The van der Waals surface area contributed by atoms with Crippen molar-refractivity contribution in [2.75, 3.05) is 0 Å². The molecule has 0 fully saturated rings. The highest BCUT2D eigenvalue weighted by Crippen LogP contribution is 2.28. The lowest BCUT2D eigenvalue weighted by Crippen LogP contribution is -1.89. The first-order chi connectivity index (χ1) is 7.65. The number of rotatable bonds is 4. The van der Waals surface area contributed by atoms with E-state index in [-0.39, 0.29) is 0 Å². The van der Waals surface area contributed by atoms with Gasteiger partial charge in [0.05, 0.1) is 0 Å². The second-order valence-electron chi connectivity index (χ2n) is 3.11. The van der Waals surface area contributed by atoms with Crippen LogP contribution in [0.5, 0.6) is 0 Å². The number of thiazole rings is 1. The third-order valence-electron chi connectivity index (χ3n) is 1.81. The predicted octanol–water partition coefficient (Wildman–Crippen LogP) is 3.50. The highest BCUT2D eigenvalue weighted by molar-refractivity contribution is 8.00. The van der Waals surface area contributed by atoms with Crippen molar-refractivity contribution in [3.8, 4) is 0 Å². The Morgan fingerprint density at radius 2 is 2.38 bits per heavy atom. The van der Waals surface area contributed by atoms with Gasteiger partial charge in [0, 0.05) is 21.7 Å². The van der Waals surface area contributed by atoms with E-state index in [2.05, 4.69) is 4.98 Å². The van der Waals surface area contributed by atoms with Crippen LogP contribution in [0, 0.1) is 6.92 Å². The van der Waals surface area contributed by atoms with Gasteiger partial charge >= 0.3 is 5.97 Å². The molecule has 0 atom stereocenters. The average Bonchev–Trinajstić information content (AvgIpc) is 2.83. The van der Waals surface area contributed by atoms with E-state index in [1.54, 1.807) is 29.2 Å². The zero-order valence-corrected chi connectivity index (χ0v) is 10.9. The molecule has 0 amide bonds. The number of thiophene rings is 1. The topological polar surface area (TPSA) is 50.2 Å². The molecule has 3 nitrogen and oxygen atoms in total. The molecule has 2 aromatic rings. The standard InChI is InChI=1S/C10H9NO2S3/c1-6-4-14-10(11-6)15-5-7-2-3-8(16-7)9(12)13/h2-4H,5H2,1H3,(H,12,13). The maximum absolute atomic E-state index is 10.7. The van der Waals surface area contributed by atoms with Gasteiger partial charge in [0.25, 0.3) is 0 Å². The van der Waals surface area contributed by atoms with Crippen LogP contribution in [0.2, 0.25) is 0 Å². The van der Waals surface area contributed by atoms with Crippen molar-refractivity contribution in [2.24, 2.45) is 0 Å². The number of thioether (sulfide) groups is 1. The molecule has 0 spiro atoms. The fourth-order valence-electron chi connectivity index (χ4n) is 1.10. The summed E-state index contributed by atoms with van der Waals surface area (Å²) in [7, 11) is 0. The molecule has 0 aliphatic rings. The Hall–Kier alpha value is -0.850. The number of aromatic carboxylic acids is 1. The molecule has 1 N–H and O–H groups in total. The van der Waals surface area contributed by atoms with Crippen molar-refractivity contribution in [1.82, 2.24) is 4.98 Å². The Labute approximate surface area is 105 Å². The van der Waals surface area contributed by atoms with Crippen molar-refractivity contribution < 1.29 is 9.90 Å². The zero-order valence-electron chi connectivity index (χ0n) is 8.47. The molecule has 2 heterocycles. The van der Waals surface area contributed by atoms with Gasteiger partial charge in [-0.05, 0) is 19.1 Å². The lowest BCUT2D eigenvalue weighted by Gasteiger charge is -1.93. The quantitative estimate of drug-likeness (QED) is 0.865. The van der Waals surface area contributed by atoms with Crippen LogP contribution < -0.4 is 0 Å². The largest absolute Gasteiger partial charge is 0.477 e. The Bertz CT molecular complexity index is 504. The number of hydrogen-bond acceptors (Lipinski definition) is 5. The number of aromatic nitrogens is 1. The fourth-order valence-corrected chi connectivity index (χ4v) is 3.84. The van der Waals surface area contributed by atoms with Crippen LogP contribution in [0.3, 0.4) is 0 Å². The zero-order chi connectivity index (χ0) is 11.5. The minimum absolute atomic E-state index is 0.394. The number of hydrogen-bond donors (Lipinski definition) is 1. The highest BCUT2D eigenvalue weighted by Gasteiger charge is 2.07. The first-order valence-corrected chi connectivity index (χ1v) is 7.20. The lowest BCUT2D eigenvalue weighted by atomic mass is 10.4. The van der Waals surface area contributed by atoms with Crippen molar-refractivity contribution in [2.45, 2.75) is 17.0 Å². The maximum atomic E-state index is 10.7. The molecule has 0 aliphatic heterocycles. The third kappa shape index (κ3) is 2.84. The van der Waals surface area contributed by atoms with Crippen molar-refractivity contribution in [3.63, 3.8) is 0 Å². The van der Waals surface area contributed by atoms with E-state index in [0.29, 0.717) is 4.88 Å². The average molecular weight is 271 g/mol. The third-order valence-corrected chi connectivity index (χ3v) is 5.25. The van der Waals surface area contributed by atoms with Gasteiger partial charge in [-0.3, -0.25) is 0 Å². The summed E-state index contributed by atoms with van der Waals surface area (Å²) < 4.78 is 1.03. The first kappa shape index (κ1) is 11.6.